The van der Waals surface area contributed by atoms with Gasteiger partial charge in [0.1, 0.15) is 5.82 Å². The van der Waals surface area contributed by atoms with Crippen molar-refractivity contribution in [1.29, 1.82) is 0 Å². The summed E-state index contributed by atoms with van der Waals surface area (Å²) in [6.45, 7) is 0. The Labute approximate surface area is 90.2 Å². The predicted octanol–water partition coefficient (Wildman–Crippen LogP) is 3.98. The Morgan fingerprint density at radius 1 is 1.54 bits per heavy atom. The maximum atomic E-state index is 13.4. The molecular formula is C10H9BrClF. The first-order valence-electron chi connectivity index (χ1n) is 4.23. The van der Waals surface area contributed by atoms with Gasteiger partial charge >= 0.3 is 0 Å². The molecule has 0 radical (unpaired) electrons. The van der Waals surface area contributed by atoms with Crippen LogP contribution in [0.25, 0.3) is 0 Å². The van der Waals surface area contributed by atoms with Gasteiger partial charge in [0.2, 0.25) is 0 Å². The molecule has 1 fully saturated rings. The van der Waals surface area contributed by atoms with Gasteiger partial charge in [-0.3, -0.25) is 0 Å². The summed E-state index contributed by atoms with van der Waals surface area (Å²) in [6, 6.07) is 4.94. The molecule has 1 aliphatic rings. The minimum atomic E-state index is -0.166. The van der Waals surface area contributed by atoms with Crippen LogP contribution in [0.15, 0.2) is 18.2 Å². The molecular weight excluding hydrogens is 254 g/mol. The van der Waals surface area contributed by atoms with Crippen LogP contribution < -0.4 is 0 Å². The lowest BCUT2D eigenvalue weighted by molar-refractivity contribution is 0.608. The summed E-state index contributed by atoms with van der Waals surface area (Å²) in [5.41, 5.74) is 0.814. The van der Waals surface area contributed by atoms with E-state index in [9.17, 15) is 4.39 Å². The van der Waals surface area contributed by atoms with Gasteiger partial charge in [-0.05, 0) is 36.0 Å². The first-order valence-corrected chi connectivity index (χ1v) is 5.73. The van der Waals surface area contributed by atoms with Gasteiger partial charge < -0.3 is 0 Å². The highest BCUT2D eigenvalue weighted by atomic mass is 79.9. The van der Waals surface area contributed by atoms with E-state index in [-0.39, 0.29) is 5.82 Å². The van der Waals surface area contributed by atoms with Crippen molar-refractivity contribution in [2.75, 3.05) is 5.33 Å². The molecule has 2 rings (SSSR count). The van der Waals surface area contributed by atoms with E-state index < -0.39 is 0 Å². The molecule has 70 valence electrons. The third kappa shape index (κ3) is 1.89. The van der Waals surface area contributed by atoms with Gasteiger partial charge in [0.25, 0.3) is 0 Å². The smallest absolute Gasteiger partial charge is 0.128 e. The quantitative estimate of drug-likeness (QED) is 0.708. The second-order valence-corrected chi connectivity index (χ2v) is 4.51. The highest BCUT2D eigenvalue weighted by Crippen LogP contribution is 2.49. The molecule has 1 saturated carbocycles. The van der Waals surface area contributed by atoms with Crippen molar-refractivity contribution in [2.24, 2.45) is 5.92 Å². The Kier molecular flexibility index (Phi) is 2.61. The zero-order chi connectivity index (χ0) is 9.42. The summed E-state index contributed by atoms with van der Waals surface area (Å²) in [5, 5.41) is 1.43. The molecule has 0 heterocycles. The van der Waals surface area contributed by atoms with E-state index in [1.54, 1.807) is 12.1 Å². The van der Waals surface area contributed by atoms with E-state index in [0.717, 1.165) is 17.3 Å². The molecule has 0 N–H and O–H groups in total. The zero-order valence-electron chi connectivity index (χ0n) is 6.93. The van der Waals surface area contributed by atoms with Gasteiger partial charge in [0, 0.05) is 10.4 Å². The molecule has 1 aromatic rings. The van der Waals surface area contributed by atoms with Crippen molar-refractivity contribution < 1.29 is 4.39 Å². The Balaban J connectivity index is 2.22. The van der Waals surface area contributed by atoms with Crippen molar-refractivity contribution in [3.8, 4) is 0 Å². The molecule has 0 saturated heterocycles. The van der Waals surface area contributed by atoms with Crippen LogP contribution in [-0.4, -0.2) is 5.33 Å². The molecule has 0 bridgehead atoms. The Morgan fingerprint density at radius 3 is 2.85 bits per heavy atom. The van der Waals surface area contributed by atoms with Crippen LogP contribution in [-0.2, 0) is 0 Å². The van der Waals surface area contributed by atoms with Crippen LogP contribution in [0, 0.1) is 11.7 Å². The maximum absolute atomic E-state index is 13.4. The van der Waals surface area contributed by atoms with E-state index in [1.807, 2.05) is 0 Å². The van der Waals surface area contributed by atoms with Crippen molar-refractivity contribution in [3.63, 3.8) is 0 Å². The molecule has 13 heavy (non-hydrogen) atoms. The largest absolute Gasteiger partial charge is 0.207 e. The second-order valence-electron chi connectivity index (χ2n) is 3.42. The van der Waals surface area contributed by atoms with Crippen LogP contribution in [0.2, 0.25) is 5.02 Å². The van der Waals surface area contributed by atoms with Crippen molar-refractivity contribution in [3.05, 3.63) is 34.6 Å². The van der Waals surface area contributed by atoms with Crippen molar-refractivity contribution >= 4 is 27.5 Å². The molecule has 2 atom stereocenters. The van der Waals surface area contributed by atoms with Crippen LogP contribution in [0.1, 0.15) is 17.9 Å². The molecule has 1 aliphatic carbocycles. The minimum absolute atomic E-state index is 0.166. The molecule has 0 aliphatic heterocycles. The molecule has 0 aromatic heterocycles. The maximum Gasteiger partial charge on any atom is 0.128 e. The highest BCUT2D eigenvalue weighted by Gasteiger charge is 2.38. The van der Waals surface area contributed by atoms with Crippen molar-refractivity contribution in [2.45, 2.75) is 12.3 Å². The monoisotopic (exact) mass is 262 g/mol. The Morgan fingerprint density at radius 2 is 2.31 bits per heavy atom. The fourth-order valence-electron chi connectivity index (χ4n) is 1.60. The van der Waals surface area contributed by atoms with Gasteiger partial charge in [0.15, 0.2) is 0 Å². The molecule has 0 spiro atoms. The van der Waals surface area contributed by atoms with Crippen LogP contribution in [0.5, 0.6) is 0 Å². The lowest BCUT2D eigenvalue weighted by atomic mass is 10.1. The average molecular weight is 264 g/mol. The average Bonchev–Trinajstić information content (AvgIpc) is 2.83. The Hall–Kier alpha value is -0.0800. The lowest BCUT2D eigenvalue weighted by Gasteiger charge is -2.01. The van der Waals surface area contributed by atoms with Crippen LogP contribution >= 0.6 is 27.5 Å². The number of halogens is 3. The zero-order valence-corrected chi connectivity index (χ0v) is 9.28. The summed E-state index contributed by atoms with van der Waals surface area (Å²) in [6.07, 6.45) is 1.09. The molecule has 2 unspecified atom stereocenters. The third-order valence-electron chi connectivity index (χ3n) is 2.48. The van der Waals surface area contributed by atoms with E-state index >= 15 is 0 Å². The van der Waals surface area contributed by atoms with Gasteiger partial charge in [-0.1, -0.05) is 33.6 Å². The summed E-state index contributed by atoms with van der Waals surface area (Å²) in [5.74, 6) is 0.841. The van der Waals surface area contributed by atoms with Crippen molar-refractivity contribution in [1.82, 2.24) is 0 Å². The molecule has 0 amide bonds. The van der Waals surface area contributed by atoms with Gasteiger partial charge in [0.05, 0.1) is 0 Å². The normalized spacial score (nSPS) is 26.1. The van der Waals surface area contributed by atoms with E-state index in [4.69, 9.17) is 11.6 Å². The van der Waals surface area contributed by atoms with E-state index in [1.165, 1.54) is 6.07 Å². The Bertz CT molecular complexity index is 327. The topological polar surface area (TPSA) is 0 Å². The minimum Gasteiger partial charge on any atom is -0.207 e. The number of alkyl halides is 1. The standard InChI is InChI=1S/C10H9BrClF/c11-5-6-3-9(6)8-2-1-7(12)4-10(8)13/h1-2,4,6,9H,3,5H2. The fraction of sp³-hybridized carbons (Fsp3) is 0.400. The number of hydrogen-bond acceptors (Lipinski definition) is 0. The fourth-order valence-corrected chi connectivity index (χ4v) is 2.48. The number of benzene rings is 1. The third-order valence-corrected chi connectivity index (χ3v) is 3.55. The summed E-state index contributed by atoms with van der Waals surface area (Å²) in [4.78, 5) is 0. The summed E-state index contributed by atoms with van der Waals surface area (Å²) in [7, 11) is 0. The van der Waals surface area contributed by atoms with Gasteiger partial charge in [-0.25, -0.2) is 4.39 Å². The molecule has 1 aromatic carbocycles. The lowest BCUT2D eigenvalue weighted by Crippen LogP contribution is -1.89. The van der Waals surface area contributed by atoms with Crippen LogP contribution in [0.3, 0.4) is 0 Å². The van der Waals surface area contributed by atoms with Gasteiger partial charge in [-0.15, -0.1) is 0 Å². The first kappa shape index (κ1) is 9.47. The molecule has 3 heteroatoms. The SMILES string of the molecule is Fc1cc(Cl)ccc1C1CC1CBr. The van der Waals surface area contributed by atoms with E-state index in [2.05, 4.69) is 15.9 Å². The number of rotatable bonds is 2. The van der Waals surface area contributed by atoms with Crippen LogP contribution in [0.4, 0.5) is 4.39 Å². The second kappa shape index (κ2) is 3.58. The first-order chi connectivity index (χ1) is 6.22. The number of hydrogen-bond donors (Lipinski definition) is 0. The summed E-state index contributed by atoms with van der Waals surface area (Å²) >= 11 is 9.07. The van der Waals surface area contributed by atoms with E-state index in [0.29, 0.717) is 16.9 Å². The highest BCUT2D eigenvalue weighted by molar-refractivity contribution is 9.09. The summed E-state index contributed by atoms with van der Waals surface area (Å²) < 4.78 is 13.4. The predicted molar refractivity (Wildman–Crippen MR) is 56.1 cm³/mol. The van der Waals surface area contributed by atoms with Gasteiger partial charge in [-0.2, -0.15) is 0 Å². The molecule has 0 nitrogen and oxygen atoms in total.